The lowest BCUT2D eigenvalue weighted by Gasteiger charge is -2.34. The molecule has 2 heterocycles. The molecule has 0 aliphatic carbocycles. The van der Waals surface area contributed by atoms with Gasteiger partial charge in [-0.25, -0.2) is 5.01 Å². The number of para-hydroxylation sites is 2. The molecule has 1 N–H and O–H groups in total. The summed E-state index contributed by atoms with van der Waals surface area (Å²) in [7, 11) is 0. The maximum absolute atomic E-state index is 13.2. The van der Waals surface area contributed by atoms with Gasteiger partial charge in [0, 0.05) is 16.5 Å². The number of fused-ring (bicyclic) bond motifs is 2. The van der Waals surface area contributed by atoms with Crippen LogP contribution in [0.15, 0.2) is 58.6 Å². The molecule has 1 atom stereocenters. The van der Waals surface area contributed by atoms with Crippen molar-refractivity contribution >= 4 is 28.5 Å². The van der Waals surface area contributed by atoms with Crippen molar-refractivity contribution in [3.05, 3.63) is 64.7 Å². The monoisotopic (exact) mass is 464 g/mol. The fourth-order valence-corrected chi connectivity index (χ4v) is 4.83. The molecule has 0 saturated heterocycles. The number of nitrogens with one attached hydrogen (secondary N) is 1. The smallest absolute Gasteiger partial charge is 0.276 e. The second-order valence-corrected chi connectivity index (χ2v) is 9.30. The van der Waals surface area contributed by atoms with Gasteiger partial charge in [0.05, 0.1) is 12.0 Å². The SMILES string of the molecule is CCCCCOc1ccccc1[C@H]1N=c2ccccc2=C2C(=O)NC(SCCCCC)=NN21. The van der Waals surface area contributed by atoms with Gasteiger partial charge < -0.3 is 4.74 Å². The highest BCUT2D eigenvalue weighted by atomic mass is 32.2. The third-order valence-electron chi connectivity index (χ3n) is 5.70. The molecule has 0 radical (unpaired) electrons. The first kappa shape index (κ1) is 23.4. The number of rotatable bonds is 10. The zero-order valence-corrected chi connectivity index (χ0v) is 20.2. The van der Waals surface area contributed by atoms with Gasteiger partial charge in [0.15, 0.2) is 11.3 Å². The molecule has 4 rings (SSSR count). The lowest BCUT2D eigenvalue weighted by atomic mass is 10.1. The third kappa shape index (κ3) is 5.41. The average molecular weight is 465 g/mol. The van der Waals surface area contributed by atoms with Crippen LogP contribution in [0.25, 0.3) is 5.70 Å². The number of benzene rings is 2. The summed E-state index contributed by atoms with van der Waals surface area (Å²) >= 11 is 1.59. The van der Waals surface area contributed by atoms with Gasteiger partial charge in [0.1, 0.15) is 11.4 Å². The van der Waals surface area contributed by atoms with Gasteiger partial charge in [-0.05, 0) is 25.0 Å². The molecule has 0 aromatic heterocycles. The van der Waals surface area contributed by atoms with Crippen molar-refractivity contribution in [3.63, 3.8) is 0 Å². The molecule has 1 amide bonds. The van der Waals surface area contributed by atoms with Gasteiger partial charge in [-0.15, -0.1) is 5.10 Å². The number of amidine groups is 1. The first-order valence-electron chi connectivity index (χ1n) is 11.9. The number of hydrogen-bond donors (Lipinski definition) is 1. The Balaban J connectivity index is 1.71. The summed E-state index contributed by atoms with van der Waals surface area (Å²) in [5.74, 6) is 1.57. The summed E-state index contributed by atoms with van der Waals surface area (Å²) in [6.07, 6.45) is 6.26. The normalized spacial score (nSPS) is 17.0. The van der Waals surface area contributed by atoms with Crippen molar-refractivity contribution < 1.29 is 9.53 Å². The van der Waals surface area contributed by atoms with Crippen molar-refractivity contribution in [3.8, 4) is 5.75 Å². The first-order valence-corrected chi connectivity index (χ1v) is 12.9. The lowest BCUT2D eigenvalue weighted by Crippen LogP contribution is -2.50. The van der Waals surface area contributed by atoms with E-state index in [1.54, 1.807) is 16.8 Å². The van der Waals surface area contributed by atoms with E-state index < -0.39 is 6.17 Å². The number of nitrogens with zero attached hydrogens (tertiary/aromatic N) is 3. The van der Waals surface area contributed by atoms with E-state index in [9.17, 15) is 4.79 Å². The molecule has 0 fully saturated rings. The van der Waals surface area contributed by atoms with Crippen LogP contribution in [0.2, 0.25) is 0 Å². The van der Waals surface area contributed by atoms with Crippen LogP contribution in [0.3, 0.4) is 0 Å². The van der Waals surface area contributed by atoms with Gasteiger partial charge >= 0.3 is 0 Å². The number of ether oxygens (including phenoxy) is 1. The van der Waals surface area contributed by atoms with Gasteiger partial charge in [-0.1, -0.05) is 87.7 Å². The Morgan fingerprint density at radius 1 is 1.00 bits per heavy atom. The van der Waals surface area contributed by atoms with Crippen LogP contribution in [0.4, 0.5) is 0 Å². The van der Waals surface area contributed by atoms with Crippen molar-refractivity contribution in [2.75, 3.05) is 12.4 Å². The minimum absolute atomic E-state index is 0.142. The second kappa shape index (κ2) is 11.4. The van der Waals surface area contributed by atoms with Crippen molar-refractivity contribution in [1.29, 1.82) is 0 Å². The van der Waals surface area contributed by atoms with E-state index in [2.05, 4.69) is 19.2 Å². The average Bonchev–Trinajstić information content (AvgIpc) is 2.84. The van der Waals surface area contributed by atoms with Crippen LogP contribution in [0, 0.1) is 0 Å². The van der Waals surface area contributed by atoms with E-state index in [1.165, 1.54) is 6.42 Å². The topological polar surface area (TPSA) is 66.3 Å². The lowest BCUT2D eigenvalue weighted by molar-refractivity contribution is -0.116. The summed E-state index contributed by atoms with van der Waals surface area (Å²) < 4.78 is 6.16. The molecule has 0 spiro atoms. The Bertz CT molecular complexity index is 1130. The molecule has 6 nitrogen and oxygen atoms in total. The number of amides is 1. The molecule has 0 unspecified atom stereocenters. The molecule has 2 aliphatic heterocycles. The van der Waals surface area contributed by atoms with E-state index in [-0.39, 0.29) is 5.91 Å². The van der Waals surface area contributed by atoms with E-state index in [0.29, 0.717) is 17.5 Å². The Kier molecular flexibility index (Phi) is 8.05. The minimum Gasteiger partial charge on any atom is -0.493 e. The van der Waals surface area contributed by atoms with Crippen LogP contribution in [0.1, 0.15) is 64.1 Å². The summed E-state index contributed by atoms with van der Waals surface area (Å²) in [6, 6.07) is 15.7. The Morgan fingerprint density at radius 3 is 2.61 bits per heavy atom. The second-order valence-electron chi connectivity index (χ2n) is 8.22. The van der Waals surface area contributed by atoms with Crippen LogP contribution in [-0.2, 0) is 4.79 Å². The van der Waals surface area contributed by atoms with Crippen molar-refractivity contribution in [1.82, 2.24) is 10.3 Å². The molecular formula is C26H32N4O2S. The standard InChI is InChI=1S/C26H32N4O2S/c1-3-5-11-17-32-22-16-10-8-14-20(22)24-27-21-15-9-7-13-19(21)23-25(31)28-26(29-30(23)24)33-18-12-6-4-2/h7-10,13-16,24H,3-6,11-12,17-18H2,1-2H3,(H,28,29,31)/t24-/m0/s1. The highest BCUT2D eigenvalue weighted by Gasteiger charge is 2.35. The molecule has 2 aliphatic rings. The highest BCUT2D eigenvalue weighted by molar-refractivity contribution is 8.13. The summed E-state index contributed by atoms with van der Waals surface area (Å²) in [6.45, 7) is 5.03. The zero-order valence-electron chi connectivity index (χ0n) is 19.4. The first-order chi connectivity index (χ1) is 16.2. The number of hydrazone groups is 1. The Labute approximate surface area is 199 Å². The van der Waals surface area contributed by atoms with E-state index in [1.807, 2.05) is 48.5 Å². The predicted molar refractivity (Wildman–Crippen MR) is 134 cm³/mol. The molecule has 0 bridgehead atoms. The number of carbonyl (C=O) groups excluding carboxylic acids is 1. The molecule has 7 heteroatoms. The van der Waals surface area contributed by atoms with Crippen LogP contribution >= 0.6 is 11.8 Å². The molecule has 174 valence electrons. The summed E-state index contributed by atoms with van der Waals surface area (Å²) in [4.78, 5) is 18.3. The predicted octanol–water partition coefficient (Wildman–Crippen LogP) is 4.32. The molecule has 2 aromatic rings. The quantitative estimate of drug-likeness (QED) is 0.532. The Hall–Kier alpha value is -2.80. The highest BCUT2D eigenvalue weighted by Crippen LogP contribution is 2.35. The molecule has 0 saturated carbocycles. The van der Waals surface area contributed by atoms with E-state index in [4.69, 9.17) is 14.8 Å². The van der Waals surface area contributed by atoms with E-state index in [0.717, 1.165) is 59.7 Å². The maximum atomic E-state index is 13.2. The van der Waals surface area contributed by atoms with Crippen molar-refractivity contribution in [2.45, 2.75) is 58.5 Å². The fraction of sp³-hybridized carbons (Fsp3) is 0.423. The van der Waals surface area contributed by atoms with Gasteiger partial charge in [0.2, 0.25) is 0 Å². The van der Waals surface area contributed by atoms with Gasteiger partial charge in [-0.3, -0.25) is 15.1 Å². The van der Waals surface area contributed by atoms with Gasteiger partial charge in [-0.2, -0.15) is 0 Å². The van der Waals surface area contributed by atoms with Crippen LogP contribution < -0.4 is 20.6 Å². The third-order valence-corrected chi connectivity index (χ3v) is 6.65. The van der Waals surface area contributed by atoms with Gasteiger partial charge in [0.25, 0.3) is 5.91 Å². The summed E-state index contributed by atoms with van der Waals surface area (Å²) in [5.41, 5.74) is 1.44. The van der Waals surface area contributed by atoms with Crippen LogP contribution in [-0.4, -0.2) is 28.4 Å². The Morgan fingerprint density at radius 2 is 1.76 bits per heavy atom. The fourth-order valence-electron chi connectivity index (χ4n) is 3.98. The number of hydrogen-bond acceptors (Lipinski definition) is 6. The molecule has 2 aromatic carbocycles. The van der Waals surface area contributed by atoms with Crippen LogP contribution in [0.5, 0.6) is 5.75 Å². The number of carbonyl (C=O) groups is 1. The molecule has 33 heavy (non-hydrogen) atoms. The number of unbranched alkanes of at least 4 members (excludes halogenated alkanes) is 4. The largest absolute Gasteiger partial charge is 0.493 e. The zero-order chi connectivity index (χ0) is 23.0. The van der Waals surface area contributed by atoms with E-state index >= 15 is 0 Å². The van der Waals surface area contributed by atoms with Crippen molar-refractivity contribution in [2.24, 2.45) is 10.1 Å². The minimum atomic E-state index is -0.463. The molecular weight excluding hydrogens is 432 g/mol. The number of thioether (sulfide) groups is 1. The summed E-state index contributed by atoms with van der Waals surface area (Å²) in [5, 5.41) is 11.8. The maximum Gasteiger partial charge on any atom is 0.276 e.